The first-order chi connectivity index (χ1) is 8.04. The first kappa shape index (κ1) is 13.7. The molecule has 5 heteroatoms. The van der Waals surface area contributed by atoms with Gasteiger partial charge in [0.15, 0.2) is 17.8 Å². The van der Waals surface area contributed by atoms with Gasteiger partial charge in [0, 0.05) is 16.5 Å². The van der Waals surface area contributed by atoms with E-state index in [1.54, 1.807) is 6.07 Å². The zero-order chi connectivity index (χ0) is 13.0. The summed E-state index contributed by atoms with van der Waals surface area (Å²) in [4.78, 5) is 22.1. The molecule has 0 aliphatic heterocycles. The molecule has 0 amide bonds. The van der Waals surface area contributed by atoms with Gasteiger partial charge in [0.05, 0.1) is 19.8 Å². The van der Waals surface area contributed by atoms with Crippen LogP contribution >= 0.6 is 15.9 Å². The minimum Gasteiger partial charge on any atom is -0.492 e. The third-order valence-corrected chi connectivity index (χ3v) is 2.98. The van der Waals surface area contributed by atoms with Crippen molar-refractivity contribution in [2.75, 3.05) is 14.2 Å². The largest absolute Gasteiger partial charge is 0.492 e. The number of hydrogen-bond acceptors (Lipinski definition) is 4. The summed E-state index contributed by atoms with van der Waals surface area (Å²) in [6.45, 7) is 1.49. The number of carbonyl (C=O) groups excluding carboxylic acids is 2. The Bertz CT molecular complexity index is 454. The summed E-state index contributed by atoms with van der Waals surface area (Å²) in [5, 5.41) is 0. The van der Waals surface area contributed by atoms with Gasteiger partial charge in [-0.2, -0.15) is 0 Å². The molecule has 0 bridgehead atoms. The Hall–Kier alpha value is -1.36. The molecule has 0 fully saturated rings. The summed E-state index contributed by atoms with van der Waals surface area (Å²) >= 11 is 3.32. The summed E-state index contributed by atoms with van der Waals surface area (Å²) in [6, 6.07) is 1.62. The quantitative estimate of drug-likeness (QED) is 0.784. The van der Waals surface area contributed by atoms with E-state index in [2.05, 4.69) is 15.9 Å². The second kappa shape index (κ2) is 5.82. The van der Waals surface area contributed by atoms with Gasteiger partial charge < -0.3 is 9.47 Å². The normalized spacial score (nSPS) is 9.88. The molecule has 0 atom stereocenters. The van der Waals surface area contributed by atoms with Crippen molar-refractivity contribution in [3.05, 3.63) is 21.7 Å². The monoisotopic (exact) mass is 300 g/mol. The molecule has 1 aromatic rings. The van der Waals surface area contributed by atoms with Gasteiger partial charge in [-0.05, 0) is 13.0 Å². The van der Waals surface area contributed by atoms with Crippen LogP contribution in [0.15, 0.2) is 10.5 Å². The van der Waals surface area contributed by atoms with Crippen LogP contribution in [-0.4, -0.2) is 26.3 Å². The molecule has 0 N–H and O–H groups in total. The highest BCUT2D eigenvalue weighted by molar-refractivity contribution is 9.10. The van der Waals surface area contributed by atoms with Crippen LogP contribution in [0.4, 0.5) is 0 Å². The number of hydrogen-bond donors (Lipinski definition) is 0. The van der Waals surface area contributed by atoms with Gasteiger partial charge >= 0.3 is 0 Å². The topological polar surface area (TPSA) is 52.6 Å². The fourth-order valence-electron chi connectivity index (χ4n) is 1.59. The molecule has 0 saturated heterocycles. The number of aldehydes is 1. The van der Waals surface area contributed by atoms with Gasteiger partial charge in [0.2, 0.25) is 0 Å². The minimum absolute atomic E-state index is 0.00454. The molecule has 0 heterocycles. The summed E-state index contributed by atoms with van der Waals surface area (Å²) in [7, 11) is 2.93. The highest BCUT2D eigenvalue weighted by Gasteiger charge is 2.19. The predicted molar refractivity (Wildman–Crippen MR) is 67.0 cm³/mol. The molecule has 1 rings (SSSR count). The van der Waals surface area contributed by atoms with E-state index in [1.165, 1.54) is 21.1 Å². The van der Waals surface area contributed by atoms with Crippen molar-refractivity contribution in [3.8, 4) is 11.5 Å². The second-order valence-electron chi connectivity index (χ2n) is 3.49. The molecule has 0 aliphatic rings. The highest BCUT2D eigenvalue weighted by atomic mass is 79.9. The molecule has 4 nitrogen and oxygen atoms in total. The molecule has 0 unspecified atom stereocenters. The van der Waals surface area contributed by atoms with Gasteiger partial charge in [0.1, 0.15) is 5.78 Å². The fraction of sp³-hybridized carbons (Fsp3) is 0.333. The van der Waals surface area contributed by atoms with E-state index < -0.39 is 0 Å². The lowest BCUT2D eigenvalue weighted by Crippen LogP contribution is -2.04. The first-order valence-corrected chi connectivity index (χ1v) is 5.72. The summed E-state index contributed by atoms with van der Waals surface area (Å²) in [5.41, 5.74) is 1.06. The van der Waals surface area contributed by atoms with Gasteiger partial charge in [-0.15, -0.1) is 0 Å². The van der Waals surface area contributed by atoms with E-state index in [9.17, 15) is 9.59 Å². The van der Waals surface area contributed by atoms with E-state index in [0.29, 0.717) is 33.4 Å². The van der Waals surface area contributed by atoms with Crippen molar-refractivity contribution in [1.29, 1.82) is 0 Å². The van der Waals surface area contributed by atoms with Crippen LogP contribution in [0.3, 0.4) is 0 Å². The average Bonchev–Trinajstić information content (AvgIpc) is 2.30. The Morgan fingerprint density at radius 2 is 1.94 bits per heavy atom. The number of Topliss-reactive ketones (excluding diaryl/α,β-unsaturated/α-hetero) is 1. The van der Waals surface area contributed by atoms with Crippen LogP contribution in [0.25, 0.3) is 0 Å². The Morgan fingerprint density at radius 1 is 1.35 bits per heavy atom. The average molecular weight is 301 g/mol. The van der Waals surface area contributed by atoms with Gasteiger partial charge in [-0.1, -0.05) is 15.9 Å². The van der Waals surface area contributed by atoms with Gasteiger partial charge in [0.25, 0.3) is 0 Å². The van der Waals surface area contributed by atoms with Crippen LogP contribution in [0.1, 0.15) is 22.8 Å². The van der Waals surface area contributed by atoms with E-state index in [1.807, 2.05) is 0 Å². The van der Waals surface area contributed by atoms with E-state index in [4.69, 9.17) is 9.47 Å². The van der Waals surface area contributed by atoms with E-state index >= 15 is 0 Å². The number of benzene rings is 1. The molecule has 0 aliphatic carbocycles. The number of ketones is 1. The zero-order valence-corrected chi connectivity index (χ0v) is 11.5. The van der Waals surface area contributed by atoms with Gasteiger partial charge in [-0.25, -0.2) is 0 Å². The number of rotatable bonds is 5. The van der Waals surface area contributed by atoms with Crippen molar-refractivity contribution in [1.82, 2.24) is 0 Å². The predicted octanol–water partition coefficient (Wildman–Crippen LogP) is 2.41. The Morgan fingerprint density at radius 3 is 2.35 bits per heavy atom. The maximum absolute atomic E-state index is 11.2. The van der Waals surface area contributed by atoms with E-state index in [-0.39, 0.29) is 12.2 Å². The molecule has 0 spiro atoms. The maximum Gasteiger partial charge on any atom is 0.171 e. The Kier molecular flexibility index (Phi) is 4.69. The van der Waals surface area contributed by atoms with E-state index in [0.717, 1.165) is 0 Å². The first-order valence-electron chi connectivity index (χ1n) is 4.93. The molecule has 0 radical (unpaired) electrons. The smallest absolute Gasteiger partial charge is 0.171 e. The Balaban J connectivity index is 3.48. The molecular formula is C12H13BrO4. The molecule has 0 saturated carbocycles. The van der Waals surface area contributed by atoms with Crippen LogP contribution < -0.4 is 9.47 Å². The highest BCUT2D eigenvalue weighted by Crippen LogP contribution is 2.39. The number of ether oxygens (including phenoxy) is 2. The van der Waals surface area contributed by atoms with Crippen LogP contribution in [0.2, 0.25) is 0 Å². The lowest BCUT2D eigenvalue weighted by molar-refractivity contribution is -0.116. The lowest BCUT2D eigenvalue weighted by atomic mass is 10.0. The number of halogens is 1. The molecule has 0 aromatic heterocycles. The van der Waals surface area contributed by atoms with Crippen LogP contribution in [0, 0.1) is 0 Å². The zero-order valence-electron chi connectivity index (χ0n) is 9.87. The summed E-state index contributed by atoms with van der Waals surface area (Å²) in [5.74, 6) is 0.769. The van der Waals surface area contributed by atoms with Crippen molar-refractivity contribution in [2.24, 2.45) is 0 Å². The standard InChI is InChI=1S/C12H13BrO4/c1-7(15)4-9-10(13)5-8(6-14)11(16-2)12(9)17-3/h5-6H,4H2,1-3H3. The Labute approximate surface area is 108 Å². The van der Waals surface area contributed by atoms with Crippen LogP contribution in [-0.2, 0) is 11.2 Å². The molecule has 17 heavy (non-hydrogen) atoms. The van der Waals surface area contributed by atoms with Crippen molar-refractivity contribution >= 4 is 28.0 Å². The minimum atomic E-state index is 0.00454. The maximum atomic E-state index is 11.2. The summed E-state index contributed by atoms with van der Waals surface area (Å²) < 4.78 is 11.0. The third kappa shape index (κ3) is 2.85. The number of methoxy groups -OCH3 is 2. The molecular weight excluding hydrogens is 288 g/mol. The third-order valence-electron chi connectivity index (χ3n) is 2.27. The van der Waals surface area contributed by atoms with Crippen molar-refractivity contribution in [2.45, 2.75) is 13.3 Å². The van der Waals surface area contributed by atoms with Crippen molar-refractivity contribution in [3.63, 3.8) is 0 Å². The molecule has 92 valence electrons. The van der Waals surface area contributed by atoms with Crippen LogP contribution in [0.5, 0.6) is 11.5 Å². The number of carbonyl (C=O) groups is 2. The SMILES string of the molecule is COc1c(C=O)cc(Br)c(CC(C)=O)c1OC. The van der Waals surface area contributed by atoms with Crippen molar-refractivity contribution < 1.29 is 19.1 Å². The van der Waals surface area contributed by atoms with Gasteiger partial charge in [-0.3, -0.25) is 9.59 Å². The molecule has 1 aromatic carbocycles. The second-order valence-corrected chi connectivity index (χ2v) is 4.34. The summed E-state index contributed by atoms with van der Waals surface area (Å²) in [6.07, 6.45) is 0.906. The fourth-order valence-corrected chi connectivity index (χ4v) is 2.16. The lowest BCUT2D eigenvalue weighted by Gasteiger charge is -2.15.